The normalized spacial score (nSPS) is 9.31. The summed E-state index contributed by atoms with van der Waals surface area (Å²) < 4.78 is 4.17. The Labute approximate surface area is 80.1 Å². The third-order valence-corrected chi connectivity index (χ3v) is 1.71. The number of hydrogen-bond acceptors (Lipinski definition) is 4. The molecular weight excluding hydrogens is 190 g/mol. The van der Waals surface area contributed by atoms with Gasteiger partial charge in [0, 0.05) is 4.90 Å². The highest BCUT2D eigenvalue weighted by atomic mass is 32.1. The van der Waals surface area contributed by atoms with E-state index in [1.165, 1.54) is 6.07 Å². The standard InChI is InChI=1S/C8H7NO3S/c9-8(11)12-7(10)5-3-1-2-4-6(5)13/h1-4,13H,(H2,9,11). The molecule has 0 unspecified atom stereocenters. The van der Waals surface area contributed by atoms with E-state index in [9.17, 15) is 9.59 Å². The van der Waals surface area contributed by atoms with E-state index in [0.717, 1.165) is 0 Å². The summed E-state index contributed by atoms with van der Waals surface area (Å²) in [5.41, 5.74) is 4.89. The van der Waals surface area contributed by atoms with Gasteiger partial charge in [0.15, 0.2) is 0 Å². The van der Waals surface area contributed by atoms with E-state index in [-0.39, 0.29) is 5.56 Å². The molecule has 1 aromatic carbocycles. The van der Waals surface area contributed by atoms with Crippen LogP contribution in [0.1, 0.15) is 10.4 Å². The second kappa shape index (κ2) is 3.95. The highest BCUT2D eigenvalue weighted by Crippen LogP contribution is 2.13. The third kappa shape index (κ3) is 2.48. The second-order valence-electron chi connectivity index (χ2n) is 2.23. The first kappa shape index (κ1) is 9.60. The molecule has 0 radical (unpaired) electrons. The molecule has 13 heavy (non-hydrogen) atoms. The summed E-state index contributed by atoms with van der Waals surface area (Å²) in [4.78, 5) is 21.8. The first-order chi connectivity index (χ1) is 6.11. The Morgan fingerprint density at radius 3 is 2.46 bits per heavy atom. The van der Waals surface area contributed by atoms with Crippen LogP contribution in [0.5, 0.6) is 0 Å². The maximum atomic E-state index is 11.1. The van der Waals surface area contributed by atoms with Crippen LogP contribution in [-0.4, -0.2) is 12.1 Å². The Balaban J connectivity index is 2.89. The van der Waals surface area contributed by atoms with Crippen LogP contribution in [0.2, 0.25) is 0 Å². The van der Waals surface area contributed by atoms with Crippen molar-refractivity contribution in [2.24, 2.45) is 5.73 Å². The van der Waals surface area contributed by atoms with Gasteiger partial charge in [-0.25, -0.2) is 9.59 Å². The molecule has 0 aliphatic rings. The quantitative estimate of drug-likeness (QED) is 0.404. The lowest BCUT2D eigenvalue weighted by Gasteiger charge is -2.01. The zero-order chi connectivity index (χ0) is 9.84. The van der Waals surface area contributed by atoms with E-state index >= 15 is 0 Å². The number of amides is 1. The van der Waals surface area contributed by atoms with Crippen molar-refractivity contribution < 1.29 is 14.3 Å². The van der Waals surface area contributed by atoms with Crippen molar-refractivity contribution in [1.82, 2.24) is 0 Å². The Hall–Kier alpha value is -1.49. The van der Waals surface area contributed by atoms with Crippen molar-refractivity contribution in [3.63, 3.8) is 0 Å². The molecule has 5 heteroatoms. The van der Waals surface area contributed by atoms with Gasteiger partial charge in [0.2, 0.25) is 0 Å². The van der Waals surface area contributed by atoms with Crippen molar-refractivity contribution in [2.75, 3.05) is 0 Å². The molecule has 0 saturated carbocycles. The van der Waals surface area contributed by atoms with Crippen LogP contribution in [0, 0.1) is 0 Å². The van der Waals surface area contributed by atoms with Crippen LogP contribution in [0.25, 0.3) is 0 Å². The summed E-state index contributed by atoms with van der Waals surface area (Å²) >= 11 is 4.01. The van der Waals surface area contributed by atoms with Gasteiger partial charge in [-0.05, 0) is 12.1 Å². The largest absolute Gasteiger partial charge is 0.412 e. The minimum atomic E-state index is -1.12. The summed E-state index contributed by atoms with van der Waals surface area (Å²) in [6.45, 7) is 0. The Morgan fingerprint density at radius 2 is 1.92 bits per heavy atom. The molecule has 1 aromatic rings. The van der Waals surface area contributed by atoms with Gasteiger partial charge in [-0.2, -0.15) is 0 Å². The highest BCUT2D eigenvalue weighted by molar-refractivity contribution is 7.80. The number of esters is 1. The molecule has 2 N–H and O–H groups in total. The van der Waals surface area contributed by atoms with Gasteiger partial charge in [-0.15, -0.1) is 12.6 Å². The molecule has 0 fully saturated rings. The summed E-state index contributed by atoms with van der Waals surface area (Å²) in [5, 5.41) is 0. The van der Waals surface area contributed by atoms with Crippen molar-refractivity contribution in [3.8, 4) is 0 Å². The number of carbonyl (C=O) groups excluding carboxylic acids is 2. The van der Waals surface area contributed by atoms with Gasteiger partial charge >= 0.3 is 12.1 Å². The van der Waals surface area contributed by atoms with Gasteiger partial charge in [-0.1, -0.05) is 12.1 Å². The molecule has 0 aromatic heterocycles. The number of nitrogens with two attached hydrogens (primary N) is 1. The average molecular weight is 197 g/mol. The maximum Gasteiger partial charge on any atom is 0.412 e. The summed E-state index contributed by atoms with van der Waals surface area (Å²) in [6, 6.07) is 6.45. The molecule has 0 spiro atoms. The third-order valence-electron chi connectivity index (χ3n) is 1.32. The van der Waals surface area contributed by atoms with Crippen LogP contribution in [0.4, 0.5) is 4.79 Å². The number of ether oxygens (including phenoxy) is 1. The predicted molar refractivity (Wildman–Crippen MR) is 48.7 cm³/mol. The van der Waals surface area contributed by atoms with E-state index in [4.69, 9.17) is 0 Å². The van der Waals surface area contributed by atoms with Gasteiger partial charge in [0.1, 0.15) is 0 Å². The smallest absolute Gasteiger partial charge is 0.373 e. The van der Waals surface area contributed by atoms with E-state index in [2.05, 4.69) is 23.1 Å². The van der Waals surface area contributed by atoms with Crippen molar-refractivity contribution >= 4 is 24.7 Å². The Bertz CT molecular complexity index is 351. The van der Waals surface area contributed by atoms with Crippen LogP contribution in [-0.2, 0) is 4.74 Å². The molecule has 0 saturated heterocycles. The summed E-state index contributed by atoms with van der Waals surface area (Å²) in [6.07, 6.45) is -1.12. The molecule has 0 bridgehead atoms. The first-order valence-corrected chi connectivity index (χ1v) is 3.85. The van der Waals surface area contributed by atoms with Gasteiger partial charge in [-0.3, -0.25) is 0 Å². The maximum absolute atomic E-state index is 11.1. The van der Waals surface area contributed by atoms with Crippen LogP contribution in [0.3, 0.4) is 0 Å². The molecule has 68 valence electrons. The minimum Gasteiger partial charge on any atom is -0.373 e. The zero-order valence-corrected chi connectivity index (χ0v) is 7.45. The van der Waals surface area contributed by atoms with Crippen molar-refractivity contribution in [3.05, 3.63) is 29.8 Å². The summed E-state index contributed by atoms with van der Waals surface area (Å²) in [7, 11) is 0. The van der Waals surface area contributed by atoms with Crippen LogP contribution >= 0.6 is 12.6 Å². The lowest BCUT2D eigenvalue weighted by molar-refractivity contribution is 0.0634. The fourth-order valence-corrected chi connectivity index (χ4v) is 1.04. The van der Waals surface area contributed by atoms with Gasteiger partial charge in [0.05, 0.1) is 5.56 Å². The lowest BCUT2D eigenvalue weighted by Crippen LogP contribution is -2.18. The Kier molecular flexibility index (Phi) is 2.92. The number of thiol groups is 1. The zero-order valence-electron chi connectivity index (χ0n) is 6.56. The number of rotatable bonds is 1. The van der Waals surface area contributed by atoms with E-state index in [1.807, 2.05) is 0 Å². The summed E-state index contributed by atoms with van der Waals surface area (Å²) in [5.74, 6) is -0.793. The van der Waals surface area contributed by atoms with Crippen LogP contribution in [0.15, 0.2) is 29.2 Å². The second-order valence-corrected chi connectivity index (χ2v) is 2.71. The predicted octanol–water partition coefficient (Wildman–Crippen LogP) is 1.21. The SMILES string of the molecule is NC(=O)OC(=O)c1ccccc1S. The molecule has 0 atom stereocenters. The lowest BCUT2D eigenvalue weighted by atomic mass is 10.2. The number of hydrogen-bond donors (Lipinski definition) is 2. The van der Waals surface area contributed by atoms with Gasteiger partial charge in [0.25, 0.3) is 0 Å². The van der Waals surface area contributed by atoms with Crippen molar-refractivity contribution in [2.45, 2.75) is 4.90 Å². The Morgan fingerprint density at radius 1 is 1.31 bits per heavy atom. The number of benzene rings is 1. The van der Waals surface area contributed by atoms with E-state index < -0.39 is 12.1 Å². The highest BCUT2D eigenvalue weighted by Gasteiger charge is 2.12. The van der Waals surface area contributed by atoms with E-state index in [1.54, 1.807) is 18.2 Å². The fraction of sp³-hybridized carbons (Fsp3) is 0. The molecule has 1 amide bonds. The van der Waals surface area contributed by atoms with Crippen LogP contribution < -0.4 is 5.73 Å². The molecule has 0 aliphatic carbocycles. The molecule has 0 aliphatic heterocycles. The van der Waals surface area contributed by atoms with E-state index in [0.29, 0.717) is 4.90 Å². The molecular formula is C8H7NO3S. The van der Waals surface area contributed by atoms with Gasteiger partial charge < -0.3 is 10.5 Å². The molecule has 4 nitrogen and oxygen atoms in total. The number of primary amides is 1. The van der Waals surface area contributed by atoms with Crippen molar-refractivity contribution in [1.29, 1.82) is 0 Å². The molecule has 1 rings (SSSR count). The monoisotopic (exact) mass is 197 g/mol. The average Bonchev–Trinajstić information content (AvgIpc) is 2.03. The fourth-order valence-electron chi connectivity index (χ4n) is 0.793. The minimum absolute atomic E-state index is 0.213. The number of carbonyl (C=O) groups is 2. The molecule has 0 heterocycles. The topological polar surface area (TPSA) is 69.4 Å². The first-order valence-electron chi connectivity index (χ1n) is 3.41.